The zero-order valence-corrected chi connectivity index (χ0v) is 18.3. The van der Waals surface area contributed by atoms with Crippen molar-refractivity contribution in [2.45, 2.75) is 46.2 Å². The van der Waals surface area contributed by atoms with E-state index in [9.17, 15) is 4.79 Å². The lowest BCUT2D eigenvalue weighted by Crippen LogP contribution is -2.41. The number of benzene rings is 2. The SMILES string of the molecule is Cc1ccc(C)c(C(C)NC(=O)C2CCN(Cc3ccc(Cl)c(Cl)c3)CC2)c1. The fourth-order valence-corrected chi connectivity index (χ4v) is 4.21. The Bertz CT molecular complexity index is 844. The van der Waals surface area contributed by atoms with Crippen LogP contribution in [-0.4, -0.2) is 23.9 Å². The van der Waals surface area contributed by atoms with Gasteiger partial charge in [-0.15, -0.1) is 0 Å². The number of amides is 1. The van der Waals surface area contributed by atoms with E-state index in [-0.39, 0.29) is 17.9 Å². The monoisotopic (exact) mass is 418 g/mol. The number of piperidine rings is 1. The van der Waals surface area contributed by atoms with Crippen LogP contribution in [0.3, 0.4) is 0 Å². The summed E-state index contributed by atoms with van der Waals surface area (Å²) >= 11 is 12.1. The van der Waals surface area contributed by atoms with Crippen LogP contribution in [0.15, 0.2) is 36.4 Å². The van der Waals surface area contributed by atoms with Gasteiger partial charge in [0.1, 0.15) is 0 Å². The van der Waals surface area contributed by atoms with Gasteiger partial charge in [0.15, 0.2) is 0 Å². The molecule has 1 atom stereocenters. The molecule has 28 heavy (non-hydrogen) atoms. The van der Waals surface area contributed by atoms with Crippen molar-refractivity contribution in [1.29, 1.82) is 0 Å². The van der Waals surface area contributed by atoms with E-state index in [1.807, 2.05) is 18.2 Å². The highest BCUT2D eigenvalue weighted by atomic mass is 35.5. The molecule has 0 radical (unpaired) electrons. The van der Waals surface area contributed by atoms with Crippen LogP contribution < -0.4 is 5.32 Å². The first-order chi connectivity index (χ1) is 13.3. The third-order valence-corrected chi connectivity index (χ3v) is 6.35. The van der Waals surface area contributed by atoms with Crippen molar-refractivity contribution < 1.29 is 4.79 Å². The Morgan fingerprint density at radius 2 is 1.82 bits per heavy atom. The number of aryl methyl sites for hydroxylation is 2. The lowest BCUT2D eigenvalue weighted by Gasteiger charge is -2.32. The third-order valence-electron chi connectivity index (χ3n) is 5.61. The third kappa shape index (κ3) is 5.28. The second-order valence-electron chi connectivity index (χ2n) is 7.89. The van der Waals surface area contributed by atoms with E-state index in [1.165, 1.54) is 16.7 Å². The number of carbonyl (C=O) groups is 1. The molecule has 1 amide bonds. The van der Waals surface area contributed by atoms with Crippen molar-refractivity contribution in [3.05, 3.63) is 68.7 Å². The number of hydrogen-bond donors (Lipinski definition) is 1. The van der Waals surface area contributed by atoms with E-state index in [1.54, 1.807) is 0 Å². The summed E-state index contributed by atoms with van der Waals surface area (Å²) < 4.78 is 0. The topological polar surface area (TPSA) is 32.3 Å². The quantitative estimate of drug-likeness (QED) is 0.674. The fourth-order valence-electron chi connectivity index (χ4n) is 3.88. The minimum Gasteiger partial charge on any atom is -0.349 e. The molecule has 0 aliphatic carbocycles. The van der Waals surface area contributed by atoms with Gasteiger partial charge in [-0.1, -0.05) is 53.0 Å². The molecule has 0 spiro atoms. The van der Waals surface area contributed by atoms with Gasteiger partial charge in [0.25, 0.3) is 0 Å². The average Bonchev–Trinajstić information content (AvgIpc) is 2.67. The molecular weight excluding hydrogens is 391 g/mol. The van der Waals surface area contributed by atoms with Crippen molar-refractivity contribution in [1.82, 2.24) is 10.2 Å². The number of halogens is 2. The highest BCUT2D eigenvalue weighted by Gasteiger charge is 2.26. The van der Waals surface area contributed by atoms with E-state index in [2.05, 4.69) is 49.2 Å². The maximum absolute atomic E-state index is 12.8. The largest absolute Gasteiger partial charge is 0.349 e. The van der Waals surface area contributed by atoms with Crippen LogP contribution in [-0.2, 0) is 11.3 Å². The zero-order chi connectivity index (χ0) is 20.3. The molecule has 0 saturated carbocycles. The summed E-state index contributed by atoms with van der Waals surface area (Å²) in [6.07, 6.45) is 1.76. The van der Waals surface area contributed by atoms with Gasteiger partial charge in [-0.3, -0.25) is 9.69 Å². The normalized spacial score (nSPS) is 16.8. The van der Waals surface area contributed by atoms with Gasteiger partial charge in [-0.05, 0) is 75.5 Å². The minimum absolute atomic E-state index is 0.0293. The molecule has 2 aromatic rings. The molecule has 2 aromatic carbocycles. The summed E-state index contributed by atoms with van der Waals surface area (Å²) in [6, 6.07) is 12.2. The van der Waals surface area contributed by atoms with Crippen molar-refractivity contribution in [2.75, 3.05) is 13.1 Å². The molecule has 3 nitrogen and oxygen atoms in total. The van der Waals surface area contributed by atoms with Crippen LogP contribution in [0.4, 0.5) is 0 Å². The first-order valence-electron chi connectivity index (χ1n) is 9.87. The van der Waals surface area contributed by atoms with Crippen LogP contribution in [0.1, 0.15) is 48.1 Å². The van der Waals surface area contributed by atoms with E-state index in [0.29, 0.717) is 10.0 Å². The van der Waals surface area contributed by atoms with Gasteiger partial charge in [-0.2, -0.15) is 0 Å². The molecule has 3 rings (SSSR count). The molecule has 1 aliphatic heterocycles. The van der Waals surface area contributed by atoms with Gasteiger partial charge in [-0.25, -0.2) is 0 Å². The molecule has 0 aromatic heterocycles. The molecular formula is C23H28Cl2N2O. The number of hydrogen-bond acceptors (Lipinski definition) is 2. The second-order valence-corrected chi connectivity index (χ2v) is 8.70. The van der Waals surface area contributed by atoms with Crippen LogP contribution in [0, 0.1) is 19.8 Å². The zero-order valence-electron chi connectivity index (χ0n) is 16.8. The standard InChI is InChI=1S/C23H28Cl2N2O/c1-15-4-5-16(2)20(12-15)17(3)26-23(28)19-8-10-27(11-9-19)14-18-6-7-21(24)22(25)13-18/h4-7,12-13,17,19H,8-11,14H2,1-3H3,(H,26,28). The predicted molar refractivity (Wildman–Crippen MR) is 117 cm³/mol. The van der Waals surface area contributed by atoms with Crippen molar-refractivity contribution in [2.24, 2.45) is 5.92 Å². The molecule has 1 aliphatic rings. The Labute approximate surface area is 178 Å². The van der Waals surface area contributed by atoms with E-state index in [4.69, 9.17) is 23.2 Å². The van der Waals surface area contributed by atoms with Crippen LogP contribution in [0.5, 0.6) is 0 Å². The Hall–Kier alpha value is -1.55. The number of carbonyl (C=O) groups excluding carboxylic acids is 1. The lowest BCUT2D eigenvalue weighted by atomic mass is 9.94. The number of nitrogens with one attached hydrogen (secondary N) is 1. The van der Waals surface area contributed by atoms with Crippen LogP contribution >= 0.6 is 23.2 Å². The van der Waals surface area contributed by atoms with Gasteiger partial charge in [0, 0.05) is 12.5 Å². The highest BCUT2D eigenvalue weighted by Crippen LogP contribution is 2.26. The number of likely N-dealkylation sites (tertiary alicyclic amines) is 1. The van der Waals surface area contributed by atoms with Gasteiger partial charge >= 0.3 is 0 Å². The van der Waals surface area contributed by atoms with Gasteiger partial charge in [0.05, 0.1) is 16.1 Å². The number of nitrogens with zero attached hydrogens (tertiary/aromatic N) is 1. The second kappa shape index (κ2) is 9.30. The van der Waals surface area contributed by atoms with Crippen LogP contribution in [0.2, 0.25) is 10.0 Å². The highest BCUT2D eigenvalue weighted by molar-refractivity contribution is 6.42. The molecule has 1 fully saturated rings. The Morgan fingerprint density at radius 3 is 2.50 bits per heavy atom. The van der Waals surface area contributed by atoms with E-state index >= 15 is 0 Å². The maximum Gasteiger partial charge on any atom is 0.223 e. The summed E-state index contributed by atoms with van der Waals surface area (Å²) in [7, 11) is 0. The van der Waals surface area contributed by atoms with E-state index in [0.717, 1.165) is 38.0 Å². The number of rotatable bonds is 5. The summed E-state index contributed by atoms with van der Waals surface area (Å²) in [5.74, 6) is 0.250. The first-order valence-corrected chi connectivity index (χ1v) is 10.6. The smallest absolute Gasteiger partial charge is 0.223 e. The Balaban J connectivity index is 1.52. The van der Waals surface area contributed by atoms with Gasteiger partial charge in [0.2, 0.25) is 5.91 Å². The molecule has 0 bridgehead atoms. The molecule has 1 saturated heterocycles. The molecule has 1 heterocycles. The van der Waals surface area contributed by atoms with Crippen LogP contribution in [0.25, 0.3) is 0 Å². The van der Waals surface area contributed by atoms with Crippen molar-refractivity contribution in [3.8, 4) is 0 Å². The fraction of sp³-hybridized carbons (Fsp3) is 0.435. The predicted octanol–water partition coefficient (Wildman–Crippen LogP) is 5.70. The Morgan fingerprint density at radius 1 is 1.11 bits per heavy atom. The molecule has 5 heteroatoms. The summed E-state index contributed by atoms with van der Waals surface area (Å²) in [5.41, 5.74) is 4.79. The Kier molecular flexibility index (Phi) is 7.03. The summed E-state index contributed by atoms with van der Waals surface area (Å²) in [4.78, 5) is 15.1. The van der Waals surface area contributed by atoms with E-state index < -0.39 is 0 Å². The summed E-state index contributed by atoms with van der Waals surface area (Å²) in [6.45, 7) is 8.91. The molecule has 1 unspecified atom stereocenters. The van der Waals surface area contributed by atoms with Gasteiger partial charge < -0.3 is 5.32 Å². The minimum atomic E-state index is 0.0293. The molecule has 1 N–H and O–H groups in total. The average molecular weight is 419 g/mol. The first kappa shape index (κ1) is 21.2. The molecule has 150 valence electrons. The lowest BCUT2D eigenvalue weighted by molar-refractivity contribution is -0.127. The maximum atomic E-state index is 12.8. The van der Waals surface area contributed by atoms with Crippen molar-refractivity contribution >= 4 is 29.1 Å². The van der Waals surface area contributed by atoms with Crippen molar-refractivity contribution in [3.63, 3.8) is 0 Å². The summed E-state index contributed by atoms with van der Waals surface area (Å²) in [5, 5.41) is 4.40.